The summed E-state index contributed by atoms with van der Waals surface area (Å²) in [7, 11) is 0. The van der Waals surface area contributed by atoms with Gasteiger partial charge in [0.2, 0.25) is 5.91 Å². The summed E-state index contributed by atoms with van der Waals surface area (Å²) in [6.45, 7) is 5.94. The van der Waals surface area contributed by atoms with Crippen molar-refractivity contribution >= 4 is 35.0 Å². The number of nitriles is 1. The van der Waals surface area contributed by atoms with E-state index >= 15 is 0 Å². The molecule has 7 heteroatoms. The van der Waals surface area contributed by atoms with E-state index < -0.39 is 5.41 Å². The second-order valence-corrected chi connectivity index (χ2v) is 10.5. The largest absolute Gasteiger partial charge is 0.353 e. The molecule has 1 saturated carbocycles. The van der Waals surface area contributed by atoms with Crippen molar-refractivity contribution in [2.45, 2.75) is 52.9 Å². The first-order valence-corrected chi connectivity index (χ1v) is 13.3. The number of rotatable bonds is 6. The van der Waals surface area contributed by atoms with Gasteiger partial charge in [0, 0.05) is 28.1 Å². The average molecular weight is 501 g/mol. The molecule has 0 aromatic heterocycles. The van der Waals surface area contributed by atoms with Crippen molar-refractivity contribution in [2.24, 2.45) is 5.41 Å². The van der Waals surface area contributed by atoms with Gasteiger partial charge in [-0.2, -0.15) is 5.26 Å². The number of anilines is 2. The number of benzene rings is 2. The Kier molecular flexibility index (Phi) is 7.85. The number of hydrogen-bond donors (Lipinski definition) is 3. The van der Waals surface area contributed by atoms with Crippen LogP contribution in [0.25, 0.3) is 0 Å². The minimum Gasteiger partial charge on any atom is -0.353 e. The Bertz CT molecular complexity index is 1270. The number of dihydropyridines is 1. The molecule has 1 spiro atoms. The van der Waals surface area contributed by atoms with Crippen LogP contribution in [0.3, 0.4) is 0 Å². The molecular formula is C29H32N4O2S. The summed E-state index contributed by atoms with van der Waals surface area (Å²) in [6, 6.07) is 17.6. The predicted octanol–water partition coefficient (Wildman–Crippen LogP) is 6.18. The van der Waals surface area contributed by atoms with Crippen LogP contribution in [0.5, 0.6) is 0 Å². The quantitative estimate of drug-likeness (QED) is 0.441. The van der Waals surface area contributed by atoms with Crippen LogP contribution in [-0.4, -0.2) is 17.6 Å². The standard InChI is InChI=1S/C29H32N4O2S/c1-19-12-13-23(16-20(19)2)32-25(34)18-36-28-24(17-30)29(14-8-5-9-15-29)26(21(3)31-28)27(35)33-22-10-6-4-7-11-22/h4,6-7,10-13,16,31H,5,8-9,14-15,18H2,1-3H3,(H,32,34)(H,33,35). The molecule has 36 heavy (non-hydrogen) atoms. The lowest BCUT2D eigenvalue weighted by molar-refractivity contribution is -0.114. The van der Waals surface area contributed by atoms with Gasteiger partial charge in [0.15, 0.2) is 0 Å². The first-order valence-electron chi connectivity index (χ1n) is 12.3. The summed E-state index contributed by atoms with van der Waals surface area (Å²) in [5, 5.41) is 20.2. The molecule has 186 valence electrons. The van der Waals surface area contributed by atoms with E-state index in [1.807, 2.05) is 69.3 Å². The minimum atomic E-state index is -0.645. The number of nitrogens with zero attached hydrogens (tertiary/aromatic N) is 1. The average Bonchev–Trinajstić information content (AvgIpc) is 2.86. The van der Waals surface area contributed by atoms with Crippen molar-refractivity contribution in [3.8, 4) is 6.07 Å². The summed E-state index contributed by atoms with van der Waals surface area (Å²) in [5.41, 5.74) is 5.06. The van der Waals surface area contributed by atoms with Crippen LogP contribution in [0.15, 0.2) is 70.4 Å². The molecular weight excluding hydrogens is 468 g/mol. The van der Waals surface area contributed by atoms with Gasteiger partial charge in [-0.15, -0.1) is 0 Å². The number of carbonyl (C=O) groups is 2. The molecule has 0 radical (unpaired) electrons. The molecule has 0 saturated heterocycles. The maximum absolute atomic E-state index is 13.5. The van der Waals surface area contributed by atoms with Crippen LogP contribution in [-0.2, 0) is 9.59 Å². The summed E-state index contributed by atoms with van der Waals surface area (Å²) in [6.07, 6.45) is 4.47. The number of aryl methyl sites for hydroxylation is 2. The zero-order chi connectivity index (χ0) is 25.7. The highest BCUT2D eigenvalue weighted by atomic mass is 32.2. The molecule has 3 N–H and O–H groups in total. The fourth-order valence-corrected chi connectivity index (χ4v) is 6.13. The lowest BCUT2D eigenvalue weighted by atomic mass is 9.63. The van der Waals surface area contributed by atoms with E-state index in [2.05, 4.69) is 22.0 Å². The van der Waals surface area contributed by atoms with Crippen molar-refractivity contribution in [1.82, 2.24) is 5.32 Å². The maximum Gasteiger partial charge on any atom is 0.254 e. The van der Waals surface area contributed by atoms with Gasteiger partial charge in [0.05, 0.1) is 22.4 Å². The second kappa shape index (κ2) is 11.0. The van der Waals surface area contributed by atoms with Crippen molar-refractivity contribution in [1.29, 1.82) is 5.26 Å². The van der Waals surface area contributed by atoms with Gasteiger partial charge in [-0.05, 0) is 69.0 Å². The molecule has 4 rings (SSSR count). The second-order valence-electron chi connectivity index (χ2n) is 9.54. The molecule has 2 amide bonds. The van der Waals surface area contributed by atoms with Gasteiger partial charge in [0.25, 0.3) is 5.91 Å². The predicted molar refractivity (Wildman–Crippen MR) is 146 cm³/mol. The van der Waals surface area contributed by atoms with E-state index in [1.165, 1.54) is 17.3 Å². The fraction of sp³-hybridized carbons (Fsp3) is 0.345. The lowest BCUT2D eigenvalue weighted by Crippen LogP contribution is -2.41. The van der Waals surface area contributed by atoms with E-state index in [4.69, 9.17) is 0 Å². The zero-order valence-electron chi connectivity index (χ0n) is 21.0. The summed E-state index contributed by atoms with van der Waals surface area (Å²) >= 11 is 1.32. The summed E-state index contributed by atoms with van der Waals surface area (Å²) in [5.74, 6) is -0.158. The van der Waals surface area contributed by atoms with Gasteiger partial charge in [-0.1, -0.05) is 55.3 Å². The summed E-state index contributed by atoms with van der Waals surface area (Å²) < 4.78 is 0. The van der Waals surface area contributed by atoms with E-state index in [0.717, 1.165) is 54.7 Å². The third-order valence-electron chi connectivity index (χ3n) is 7.08. The van der Waals surface area contributed by atoms with E-state index in [-0.39, 0.29) is 17.6 Å². The molecule has 1 heterocycles. The maximum atomic E-state index is 13.5. The van der Waals surface area contributed by atoms with Crippen LogP contribution in [0, 0.1) is 30.6 Å². The Hall–Kier alpha value is -3.50. The van der Waals surface area contributed by atoms with Gasteiger partial charge < -0.3 is 16.0 Å². The lowest BCUT2D eigenvalue weighted by Gasteiger charge is -2.43. The first-order chi connectivity index (χ1) is 17.3. The molecule has 1 aliphatic carbocycles. The molecule has 1 fully saturated rings. The van der Waals surface area contributed by atoms with Crippen molar-refractivity contribution in [3.05, 3.63) is 81.5 Å². The third kappa shape index (κ3) is 5.34. The molecule has 2 aromatic carbocycles. The molecule has 2 aromatic rings. The Balaban J connectivity index is 1.57. The third-order valence-corrected chi connectivity index (χ3v) is 8.08. The Morgan fingerprint density at radius 1 is 0.972 bits per heavy atom. The Morgan fingerprint density at radius 3 is 2.36 bits per heavy atom. The van der Waals surface area contributed by atoms with Crippen LogP contribution < -0.4 is 16.0 Å². The smallest absolute Gasteiger partial charge is 0.254 e. The van der Waals surface area contributed by atoms with Gasteiger partial charge >= 0.3 is 0 Å². The molecule has 1 aliphatic heterocycles. The highest BCUT2D eigenvalue weighted by Gasteiger charge is 2.47. The van der Waals surface area contributed by atoms with Crippen LogP contribution in [0.4, 0.5) is 11.4 Å². The molecule has 2 aliphatic rings. The number of para-hydroxylation sites is 1. The highest BCUT2D eigenvalue weighted by Crippen LogP contribution is 2.53. The van der Waals surface area contributed by atoms with Crippen molar-refractivity contribution in [3.63, 3.8) is 0 Å². The topological polar surface area (TPSA) is 94.0 Å². The number of hydrogen-bond acceptors (Lipinski definition) is 5. The number of allylic oxidation sites excluding steroid dienone is 2. The number of thioether (sulfide) groups is 1. The molecule has 6 nitrogen and oxygen atoms in total. The van der Waals surface area contributed by atoms with E-state index in [0.29, 0.717) is 16.2 Å². The van der Waals surface area contributed by atoms with Crippen molar-refractivity contribution in [2.75, 3.05) is 16.4 Å². The Labute approximate surface area is 217 Å². The first kappa shape index (κ1) is 25.6. The highest BCUT2D eigenvalue weighted by molar-refractivity contribution is 8.03. The SMILES string of the molecule is CC1=C(C(=O)Nc2ccccc2)C2(CCCCC2)C(C#N)=C(SCC(=O)Nc2ccc(C)c(C)c2)N1. The van der Waals surface area contributed by atoms with Gasteiger partial charge in [-0.25, -0.2) is 0 Å². The number of nitrogens with one attached hydrogen (secondary N) is 3. The minimum absolute atomic E-state index is 0.137. The summed E-state index contributed by atoms with van der Waals surface area (Å²) in [4.78, 5) is 26.3. The molecule has 0 atom stereocenters. The fourth-order valence-electron chi connectivity index (χ4n) is 5.17. The van der Waals surface area contributed by atoms with Crippen LogP contribution in [0.2, 0.25) is 0 Å². The zero-order valence-corrected chi connectivity index (χ0v) is 21.8. The number of amides is 2. The monoisotopic (exact) mass is 500 g/mol. The van der Waals surface area contributed by atoms with E-state index in [1.54, 1.807) is 0 Å². The van der Waals surface area contributed by atoms with Crippen LogP contribution in [0.1, 0.15) is 50.2 Å². The van der Waals surface area contributed by atoms with Crippen LogP contribution >= 0.6 is 11.8 Å². The normalized spacial score (nSPS) is 16.8. The molecule has 0 unspecified atom stereocenters. The van der Waals surface area contributed by atoms with Crippen molar-refractivity contribution < 1.29 is 9.59 Å². The Morgan fingerprint density at radius 2 is 1.69 bits per heavy atom. The van der Waals surface area contributed by atoms with E-state index in [9.17, 15) is 14.9 Å². The van der Waals surface area contributed by atoms with Gasteiger partial charge in [0.1, 0.15) is 0 Å². The number of carbonyl (C=O) groups excluding carboxylic acids is 2. The van der Waals surface area contributed by atoms with Gasteiger partial charge in [-0.3, -0.25) is 9.59 Å². The molecule has 0 bridgehead atoms.